The third-order valence-electron chi connectivity index (χ3n) is 11.5. The molecule has 0 aromatic carbocycles. The zero-order valence-electron chi connectivity index (χ0n) is 22.6. The fraction of sp³-hybridized carbons (Fsp3) is 0.800. The van der Waals surface area contributed by atoms with Crippen molar-refractivity contribution in [1.82, 2.24) is 0 Å². The van der Waals surface area contributed by atoms with Gasteiger partial charge in [0, 0.05) is 18.8 Å². The van der Waals surface area contributed by atoms with E-state index in [1.165, 1.54) is 6.92 Å². The van der Waals surface area contributed by atoms with Gasteiger partial charge in [-0.25, -0.2) is 0 Å². The number of epoxide rings is 1. The monoisotopic (exact) mass is 484 g/mol. The highest BCUT2D eigenvalue weighted by Crippen LogP contribution is 2.67. The van der Waals surface area contributed by atoms with Crippen molar-refractivity contribution in [1.29, 1.82) is 0 Å². The molecule has 4 aliphatic carbocycles. The van der Waals surface area contributed by atoms with Crippen LogP contribution in [-0.2, 0) is 19.1 Å². The highest BCUT2D eigenvalue weighted by Gasteiger charge is 2.64. The van der Waals surface area contributed by atoms with Gasteiger partial charge in [-0.15, -0.1) is 0 Å². The number of aliphatic hydroxyl groups excluding tert-OH is 1. The smallest absolute Gasteiger partial charge is 0.302 e. The van der Waals surface area contributed by atoms with Crippen molar-refractivity contribution in [2.75, 3.05) is 0 Å². The summed E-state index contributed by atoms with van der Waals surface area (Å²) in [4.78, 5) is 24.2. The van der Waals surface area contributed by atoms with Crippen LogP contribution in [0.4, 0.5) is 0 Å². The molecule has 1 N–H and O–H groups in total. The quantitative estimate of drug-likeness (QED) is 0.417. The molecule has 1 aliphatic heterocycles. The van der Waals surface area contributed by atoms with Gasteiger partial charge in [0.25, 0.3) is 0 Å². The molecule has 0 unspecified atom stereocenters. The zero-order chi connectivity index (χ0) is 25.6. The maximum Gasteiger partial charge on any atom is 0.302 e. The van der Waals surface area contributed by atoms with Crippen LogP contribution in [0, 0.1) is 40.4 Å². The molecule has 4 fully saturated rings. The van der Waals surface area contributed by atoms with Crippen LogP contribution in [-0.4, -0.2) is 40.3 Å². The third-order valence-corrected chi connectivity index (χ3v) is 11.5. The number of ether oxygens (including phenoxy) is 2. The molecule has 0 radical (unpaired) electrons. The summed E-state index contributed by atoms with van der Waals surface area (Å²) in [5.41, 5.74) is 0.631. The van der Waals surface area contributed by atoms with Gasteiger partial charge in [-0.1, -0.05) is 32.4 Å². The Morgan fingerprint density at radius 1 is 1.17 bits per heavy atom. The van der Waals surface area contributed by atoms with Gasteiger partial charge in [-0.2, -0.15) is 0 Å². The van der Waals surface area contributed by atoms with Gasteiger partial charge in [-0.05, 0) is 100 Å². The van der Waals surface area contributed by atoms with E-state index in [2.05, 4.69) is 47.6 Å². The molecule has 1 saturated heterocycles. The molecule has 5 rings (SSSR count). The molecule has 0 amide bonds. The molecule has 194 valence electrons. The molecule has 5 heteroatoms. The average molecular weight is 485 g/mol. The van der Waals surface area contributed by atoms with E-state index in [1.54, 1.807) is 12.2 Å². The molecule has 10 atom stereocenters. The highest BCUT2D eigenvalue weighted by atomic mass is 16.6. The number of rotatable bonds is 5. The number of carbonyl (C=O) groups is 2. The van der Waals surface area contributed by atoms with Crippen molar-refractivity contribution >= 4 is 11.8 Å². The molecule has 3 saturated carbocycles. The first kappa shape index (κ1) is 25.2. The van der Waals surface area contributed by atoms with Gasteiger partial charge in [-0.3, -0.25) is 9.59 Å². The Morgan fingerprint density at radius 3 is 2.49 bits per heavy atom. The van der Waals surface area contributed by atoms with Gasteiger partial charge in [0.1, 0.15) is 6.10 Å². The van der Waals surface area contributed by atoms with Crippen molar-refractivity contribution in [2.24, 2.45) is 40.4 Å². The molecule has 1 heterocycles. The Kier molecular flexibility index (Phi) is 5.77. The van der Waals surface area contributed by atoms with Crippen LogP contribution in [0.5, 0.6) is 0 Å². The molecule has 5 aliphatic rings. The number of aliphatic hydroxyl groups is 1. The highest BCUT2D eigenvalue weighted by molar-refractivity contribution is 6.01. The lowest BCUT2D eigenvalue weighted by molar-refractivity contribution is -0.154. The second-order valence-electron chi connectivity index (χ2n) is 13.5. The largest absolute Gasteiger partial charge is 0.462 e. The lowest BCUT2D eigenvalue weighted by atomic mass is 9.46. The SMILES string of the molecule is CC(=O)O[C@H](C[C@@]1(C)OC1(C)C)[C@@H](C)[C@H]1CC[C@H]2[C@@H]3[C@H](O)CC4=CC(=O)C=C[C@]4(C)[C@H]3CC[C@]12C. The Balaban J connectivity index is 1.40. The van der Waals surface area contributed by atoms with E-state index in [-0.39, 0.29) is 51.7 Å². The van der Waals surface area contributed by atoms with E-state index in [0.717, 1.165) is 37.7 Å². The van der Waals surface area contributed by atoms with Gasteiger partial charge in [0.15, 0.2) is 5.78 Å². The predicted molar refractivity (Wildman–Crippen MR) is 134 cm³/mol. The normalized spacial score (nSPS) is 47.1. The minimum absolute atomic E-state index is 0.0477. The minimum Gasteiger partial charge on any atom is -0.462 e. The summed E-state index contributed by atoms with van der Waals surface area (Å²) in [6.07, 6.45) is 10.7. The Labute approximate surface area is 210 Å². The summed E-state index contributed by atoms with van der Waals surface area (Å²) in [6, 6.07) is 0. The van der Waals surface area contributed by atoms with Gasteiger partial charge < -0.3 is 14.6 Å². The number of esters is 1. The maximum atomic E-state index is 12.1. The van der Waals surface area contributed by atoms with Crippen molar-refractivity contribution in [3.05, 3.63) is 23.8 Å². The Bertz CT molecular complexity index is 979. The van der Waals surface area contributed by atoms with Crippen LogP contribution in [0.2, 0.25) is 0 Å². The Morgan fingerprint density at radius 2 is 1.86 bits per heavy atom. The lowest BCUT2D eigenvalue weighted by Gasteiger charge is -2.59. The maximum absolute atomic E-state index is 12.1. The van der Waals surface area contributed by atoms with E-state index in [4.69, 9.17) is 9.47 Å². The second-order valence-corrected chi connectivity index (χ2v) is 13.5. The number of fused-ring (bicyclic) bond motifs is 5. The van der Waals surface area contributed by atoms with Crippen molar-refractivity contribution in [2.45, 2.75) is 110 Å². The molecular formula is C30H44O5. The van der Waals surface area contributed by atoms with E-state index < -0.39 is 6.10 Å². The van der Waals surface area contributed by atoms with Gasteiger partial charge in [0.05, 0.1) is 17.3 Å². The van der Waals surface area contributed by atoms with E-state index in [9.17, 15) is 14.7 Å². The summed E-state index contributed by atoms with van der Waals surface area (Å²) in [5, 5.41) is 11.4. The van der Waals surface area contributed by atoms with E-state index >= 15 is 0 Å². The van der Waals surface area contributed by atoms with Gasteiger partial charge >= 0.3 is 5.97 Å². The number of carbonyl (C=O) groups excluding carboxylic acids is 2. The number of allylic oxidation sites excluding steroid dienone is 3. The lowest BCUT2D eigenvalue weighted by Crippen LogP contribution is -2.55. The topological polar surface area (TPSA) is 76.1 Å². The van der Waals surface area contributed by atoms with Crippen LogP contribution in [0.15, 0.2) is 23.8 Å². The van der Waals surface area contributed by atoms with E-state index in [0.29, 0.717) is 24.2 Å². The standard InChI is InChI=1S/C30H44O5/c1-17(25(34-18(2)31)16-30(7)27(3,4)35-30)21-8-9-22-26-23(11-13-29(21,22)6)28(5)12-10-20(32)14-19(28)15-24(26)33/h10,12,14,17,21-26,33H,8-9,11,13,15-16H2,1-7H3/t17-,21+,22-,23-,24+,25+,26-,28-,29+,30+/m0/s1. The van der Waals surface area contributed by atoms with Crippen LogP contribution in [0.25, 0.3) is 0 Å². The first-order chi connectivity index (χ1) is 16.2. The van der Waals surface area contributed by atoms with Crippen molar-refractivity contribution < 1.29 is 24.2 Å². The van der Waals surface area contributed by atoms with Crippen LogP contribution >= 0.6 is 0 Å². The Hall–Kier alpha value is -1.46. The first-order valence-corrected chi connectivity index (χ1v) is 13.7. The van der Waals surface area contributed by atoms with Gasteiger partial charge in [0.2, 0.25) is 0 Å². The van der Waals surface area contributed by atoms with Crippen molar-refractivity contribution in [3.63, 3.8) is 0 Å². The van der Waals surface area contributed by atoms with Crippen LogP contribution in [0.1, 0.15) is 87.0 Å². The minimum atomic E-state index is -0.402. The summed E-state index contributed by atoms with van der Waals surface area (Å²) < 4.78 is 12.0. The number of hydrogen-bond donors (Lipinski definition) is 1. The molecule has 0 bridgehead atoms. The molecule has 35 heavy (non-hydrogen) atoms. The molecule has 0 spiro atoms. The summed E-state index contributed by atoms with van der Waals surface area (Å²) in [7, 11) is 0. The molecule has 0 aromatic rings. The summed E-state index contributed by atoms with van der Waals surface area (Å²) >= 11 is 0. The fourth-order valence-electron chi connectivity index (χ4n) is 9.09. The summed E-state index contributed by atoms with van der Waals surface area (Å²) in [5.74, 6) is 1.52. The fourth-order valence-corrected chi connectivity index (χ4v) is 9.09. The van der Waals surface area contributed by atoms with Crippen LogP contribution < -0.4 is 0 Å². The van der Waals surface area contributed by atoms with Crippen molar-refractivity contribution in [3.8, 4) is 0 Å². The van der Waals surface area contributed by atoms with Crippen LogP contribution in [0.3, 0.4) is 0 Å². The average Bonchev–Trinajstić information content (AvgIpc) is 3.07. The van der Waals surface area contributed by atoms with E-state index in [1.807, 2.05) is 0 Å². The first-order valence-electron chi connectivity index (χ1n) is 13.7. The molecular weight excluding hydrogens is 440 g/mol. The zero-order valence-corrected chi connectivity index (χ0v) is 22.6. The predicted octanol–water partition coefficient (Wildman–Crippen LogP) is 5.41. The number of ketones is 1. The summed E-state index contributed by atoms with van der Waals surface area (Å²) in [6.45, 7) is 14.8. The second kappa shape index (κ2) is 8.02. The number of hydrogen-bond acceptors (Lipinski definition) is 5. The molecule has 5 nitrogen and oxygen atoms in total. The molecule has 0 aromatic heterocycles. The third kappa shape index (κ3) is 3.79.